The molecule has 0 saturated heterocycles. The van der Waals surface area contributed by atoms with Crippen molar-refractivity contribution in [1.29, 1.82) is 0 Å². The predicted molar refractivity (Wildman–Crippen MR) is 136 cm³/mol. The number of hydrogen-bond acceptors (Lipinski definition) is 6. The molecule has 0 bridgehead atoms. The van der Waals surface area contributed by atoms with Gasteiger partial charge in [0, 0.05) is 12.2 Å². The first kappa shape index (κ1) is 24.8. The smallest absolute Gasteiger partial charge is 0.304 e. The van der Waals surface area contributed by atoms with Gasteiger partial charge in [-0.25, -0.2) is 13.1 Å². The Hall–Kier alpha value is -3.89. The van der Waals surface area contributed by atoms with Crippen LogP contribution in [-0.4, -0.2) is 38.7 Å². The van der Waals surface area contributed by atoms with Crippen molar-refractivity contribution >= 4 is 27.6 Å². The summed E-state index contributed by atoms with van der Waals surface area (Å²) < 4.78 is 38.0. The maximum atomic E-state index is 13.3. The van der Waals surface area contributed by atoms with Crippen LogP contribution in [0.4, 0.5) is 5.69 Å². The van der Waals surface area contributed by atoms with Crippen molar-refractivity contribution in [2.75, 3.05) is 18.7 Å². The molecule has 0 spiro atoms. The number of sulfonamides is 1. The van der Waals surface area contributed by atoms with Crippen LogP contribution in [0.3, 0.4) is 0 Å². The zero-order valence-electron chi connectivity index (χ0n) is 20.1. The number of benzene rings is 3. The van der Waals surface area contributed by atoms with Gasteiger partial charge in [0.2, 0.25) is 22.7 Å². The Balaban J connectivity index is 1.32. The maximum Gasteiger partial charge on any atom is 0.304 e. The van der Waals surface area contributed by atoms with Gasteiger partial charge in [0.25, 0.3) is 0 Å². The van der Waals surface area contributed by atoms with Crippen LogP contribution in [0.15, 0.2) is 65.6 Å². The van der Waals surface area contributed by atoms with Gasteiger partial charge in [-0.15, -0.1) is 0 Å². The molecule has 2 aliphatic rings. The van der Waals surface area contributed by atoms with Gasteiger partial charge < -0.3 is 19.9 Å². The quantitative estimate of drug-likeness (QED) is 0.389. The highest BCUT2D eigenvalue weighted by atomic mass is 32.2. The summed E-state index contributed by atoms with van der Waals surface area (Å²) in [6, 6.07) is 17.6. The molecule has 9 nitrogen and oxygen atoms in total. The fourth-order valence-corrected chi connectivity index (χ4v) is 5.45. The molecular weight excluding hydrogens is 496 g/mol. The van der Waals surface area contributed by atoms with E-state index in [1.165, 1.54) is 12.1 Å². The van der Waals surface area contributed by atoms with E-state index in [2.05, 4.69) is 10.0 Å². The molecule has 1 aliphatic heterocycles. The van der Waals surface area contributed by atoms with Crippen molar-refractivity contribution in [3.8, 4) is 22.6 Å². The zero-order valence-corrected chi connectivity index (χ0v) is 20.9. The molecule has 1 amide bonds. The van der Waals surface area contributed by atoms with Gasteiger partial charge in [0.15, 0.2) is 11.5 Å². The summed E-state index contributed by atoms with van der Waals surface area (Å²) in [5, 5.41) is 11.8. The van der Waals surface area contributed by atoms with E-state index in [9.17, 15) is 18.0 Å². The third-order valence-corrected chi connectivity index (χ3v) is 8.19. The number of amides is 1. The number of carbonyl (C=O) groups is 2. The number of anilines is 1. The molecule has 37 heavy (non-hydrogen) atoms. The number of carboxylic acids is 1. The average molecular weight is 523 g/mol. The molecule has 1 heterocycles. The summed E-state index contributed by atoms with van der Waals surface area (Å²) in [5.74, 6) is 0.161. The molecule has 0 radical (unpaired) electrons. The Labute approximate surface area is 214 Å². The molecule has 192 valence electrons. The molecule has 5 rings (SSSR count). The second kappa shape index (κ2) is 9.53. The van der Waals surface area contributed by atoms with Crippen LogP contribution in [0, 0.1) is 6.92 Å². The number of hydrogen-bond donors (Lipinski definition) is 3. The minimum absolute atomic E-state index is 0.0446. The Morgan fingerprint density at radius 2 is 1.70 bits per heavy atom. The molecule has 0 aromatic heterocycles. The van der Waals surface area contributed by atoms with E-state index in [1.54, 1.807) is 12.1 Å². The summed E-state index contributed by atoms with van der Waals surface area (Å²) in [5.41, 5.74) is 3.55. The van der Waals surface area contributed by atoms with Gasteiger partial charge in [-0.3, -0.25) is 9.59 Å². The minimum Gasteiger partial charge on any atom is -0.481 e. The minimum atomic E-state index is -3.82. The topological polar surface area (TPSA) is 131 Å². The highest BCUT2D eigenvalue weighted by Crippen LogP contribution is 2.51. The molecule has 3 aromatic rings. The molecular formula is C27H26N2O7S. The lowest BCUT2D eigenvalue weighted by Crippen LogP contribution is -2.27. The van der Waals surface area contributed by atoms with E-state index in [-0.39, 0.29) is 30.6 Å². The third-order valence-electron chi connectivity index (χ3n) is 6.71. The largest absolute Gasteiger partial charge is 0.481 e. The second-order valence-corrected chi connectivity index (χ2v) is 11.0. The van der Waals surface area contributed by atoms with E-state index in [0.717, 1.165) is 35.1 Å². The Morgan fingerprint density at radius 3 is 2.41 bits per heavy atom. The third kappa shape index (κ3) is 5.03. The first-order chi connectivity index (χ1) is 17.7. The molecule has 1 fully saturated rings. The number of nitrogens with one attached hydrogen (secondary N) is 2. The normalized spacial score (nSPS) is 15.3. The summed E-state index contributed by atoms with van der Waals surface area (Å²) in [6.07, 6.45) is 1.19. The molecule has 0 atom stereocenters. The van der Waals surface area contributed by atoms with Crippen molar-refractivity contribution in [2.45, 2.75) is 36.5 Å². The van der Waals surface area contributed by atoms with Crippen LogP contribution in [0.1, 0.15) is 30.4 Å². The van der Waals surface area contributed by atoms with E-state index in [1.807, 2.05) is 43.3 Å². The lowest BCUT2D eigenvalue weighted by atomic mass is 9.94. The number of carboxylic acid groups (broad SMARTS) is 1. The van der Waals surface area contributed by atoms with E-state index in [0.29, 0.717) is 17.2 Å². The lowest BCUT2D eigenvalue weighted by Gasteiger charge is -2.17. The van der Waals surface area contributed by atoms with Crippen molar-refractivity contribution in [1.82, 2.24) is 4.72 Å². The number of aryl methyl sites for hydroxylation is 1. The van der Waals surface area contributed by atoms with E-state index in [4.69, 9.17) is 14.6 Å². The van der Waals surface area contributed by atoms with Crippen LogP contribution in [0.5, 0.6) is 11.5 Å². The second-order valence-electron chi connectivity index (χ2n) is 9.20. The van der Waals surface area contributed by atoms with Gasteiger partial charge in [0.1, 0.15) is 0 Å². The van der Waals surface area contributed by atoms with Crippen molar-refractivity contribution in [3.63, 3.8) is 0 Å². The number of ether oxygens (including phenoxy) is 2. The standard InChI is InChI=1S/C27H26N2O7S/c1-17-2-6-20(29-26(32)27(11-12-27)19-5-9-23-24(14-19)36-16-35-23)15-22(17)18-3-7-21(8-4-18)37(33,34)28-13-10-25(30)31/h2-9,14-15,28H,10-13,16H2,1H3,(H,29,32)(H,30,31). The van der Waals surface area contributed by atoms with Gasteiger partial charge in [-0.2, -0.15) is 0 Å². The average Bonchev–Trinajstić information content (AvgIpc) is 3.55. The molecule has 10 heteroatoms. The van der Waals surface area contributed by atoms with Gasteiger partial charge in [0.05, 0.1) is 16.7 Å². The molecule has 1 saturated carbocycles. The lowest BCUT2D eigenvalue weighted by molar-refractivity contribution is -0.136. The van der Waals surface area contributed by atoms with Crippen molar-refractivity contribution < 1.29 is 32.6 Å². The maximum absolute atomic E-state index is 13.3. The first-order valence-electron chi connectivity index (χ1n) is 11.8. The monoisotopic (exact) mass is 522 g/mol. The number of aliphatic carboxylic acids is 1. The van der Waals surface area contributed by atoms with E-state index < -0.39 is 21.4 Å². The van der Waals surface area contributed by atoms with Gasteiger partial charge in [-0.05, 0) is 78.4 Å². The van der Waals surface area contributed by atoms with Crippen LogP contribution >= 0.6 is 0 Å². The van der Waals surface area contributed by atoms with Crippen LogP contribution in [-0.2, 0) is 25.0 Å². The highest BCUT2D eigenvalue weighted by Gasteiger charge is 2.51. The summed E-state index contributed by atoms with van der Waals surface area (Å²) in [7, 11) is -3.82. The van der Waals surface area contributed by atoms with Gasteiger partial charge in [-0.1, -0.05) is 24.3 Å². The molecule has 0 unspecified atom stereocenters. The molecule has 1 aliphatic carbocycles. The zero-order chi connectivity index (χ0) is 26.2. The van der Waals surface area contributed by atoms with Crippen LogP contribution in [0.2, 0.25) is 0 Å². The van der Waals surface area contributed by atoms with Crippen molar-refractivity contribution in [3.05, 3.63) is 71.8 Å². The number of rotatable bonds is 9. The summed E-state index contributed by atoms with van der Waals surface area (Å²) >= 11 is 0. The van der Waals surface area contributed by atoms with Gasteiger partial charge >= 0.3 is 5.97 Å². The SMILES string of the molecule is Cc1ccc(NC(=O)C2(c3ccc4c(c3)OCO4)CC2)cc1-c1ccc(S(=O)(=O)NCCC(=O)O)cc1. The fourth-order valence-electron chi connectivity index (χ4n) is 4.42. The highest BCUT2D eigenvalue weighted by molar-refractivity contribution is 7.89. The Kier molecular flexibility index (Phi) is 6.38. The number of fused-ring (bicyclic) bond motifs is 1. The molecule has 3 aromatic carbocycles. The van der Waals surface area contributed by atoms with Crippen LogP contribution < -0.4 is 19.5 Å². The Morgan fingerprint density at radius 1 is 0.973 bits per heavy atom. The molecule has 3 N–H and O–H groups in total. The number of carbonyl (C=O) groups excluding carboxylic acids is 1. The van der Waals surface area contributed by atoms with Crippen molar-refractivity contribution in [2.24, 2.45) is 0 Å². The van der Waals surface area contributed by atoms with Crippen LogP contribution in [0.25, 0.3) is 11.1 Å². The fraction of sp³-hybridized carbons (Fsp3) is 0.259. The summed E-state index contributed by atoms with van der Waals surface area (Å²) in [6.45, 7) is 1.93. The first-order valence-corrected chi connectivity index (χ1v) is 13.3. The summed E-state index contributed by atoms with van der Waals surface area (Å²) in [4.78, 5) is 24.0. The van der Waals surface area contributed by atoms with E-state index >= 15 is 0 Å². The predicted octanol–water partition coefficient (Wildman–Crippen LogP) is 3.81. The Bertz CT molecular complexity index is 1480.